The molecule has 0 radical (unpaired) electrons. The second kappa shape index (κ2) is 21.5. The van der Waals surface area contributed by atoms with Crippen LogP contribution in [0.15, 0.2) is 48.5 Å². The van der Waals surface area contributed by atoms with Crippen LogP contribution in [0.5, 0.6) is 0 Å². The number of carbonyl (C=O) groups excluding carboxylic acids is 4. The smallest absolute Gasteiger partial charge is 0.404 e. The average Bonchev–Trinajstić information content (AvgIpc) is 3.61. The van der Waals surface area contributed by atoms with Crippen LogP contribution in [0, 0.1) is 17.3 Å². The van der Waals surface area contributed by atoms with Crippen molar-refractivity contribution in [1.82, 2.24) is 26.6 Å². The summed E-state index contributed by atoms with van der Waals surface area (Å²) in [7, 11) is -0.629. The third-order valence-corrected chi connectivity index (χ3v) is 13.5. The van der Waals surface area contributed by atoms with Crippen LogP contribution in [0.1, 0.15) is 111 Å². The van der Waals surface area contributed by atoms with E-state index in [-0.39, 0.29) is 24.5 Å². The molecule has 10 atom stereocenters. The zero-order valence-electron chi connectivity index (χ0n) is 37.4. The van der Waals surface area contributed by atoms with Gasteiger partial charge in [-0.2, -0.15) is 0 Å². The summed E-state index contributed by atoms with van der Waals surface area (Å²) in [6, 6.07) is 12.6. The maximum absolute atomic E-state index is 13.7. The van der Waals surface area contributed by atoms with E-state index in [4.69, 9.17) is 20.8 Å². The van der Waals surface area contributed by atoms with Gasteiger partial charge < -0.3 is 52.5 Å². The van der Waals surface area contributed by atoms with E-state index in [9.17, 15) is 24.3 Å². The van der Waals surface area contributed by atoms with E-state index in [0.717, 1.165) is 42.4 Å². The first-order valence-electron chi connectivity index (χ1n) is 22.6. The number of nitrogens with one attached hydrogen (secondary N) is 5. The Bertz CT molecular complexity index is 1780. The minimum Gasteiger partial charge on any atom is -0.404 e. The summed E-state index contributed by atoms with van der Waals surface area (Å²) < 4.78 is 12.9. The molecule has 2 bridgehead atoms. The van der Waals surface area contributed by atoms with Crippen LogP contribution in [0.4, 0.5) is 0 Å². The van der Waals surface area contributed by atoms with Gasteiger partial charge in [-0.15, -0.1) is 0 Å². The Hall–Kier alpha value is -3.86. The van der Waals surface area contributed by atoms with Crippen LogP contribution in [0.25, 0.3) is 11.1 Å². The number of unbranched alkanes of at least 4 members (excludes halogenated alkanes) is 2. The van der Waals surface area contributed by atoms with Crippen molar-refractivity contribution in [2.24, 2.45) is 28.7 Å². The molecule has 15 heteroatoms. The fourth-order valence-corrected chi connectivity index (χ4v) is 9.39. The molecule has 0 spiro atoms. The van der Waals surface area contributed by atoms with Crippen LogP contribution in [0.2, 0.25) is 0 Å². The van der Waals surface area contributed by atoms with Crippen molar-refractivity contribution in [2.45, 2.75) is 161 Å². The standard InChI is InChI=1S/C46H72BN7O7/c1-8-9-12-31-14-18-33(19-15-31)34-20-16-32(17-21-34)27-50-36(22-24-49)42(57)54-40(29(3)55)44(59)51-28(2)41(56)53-37(13-10-11-23-48)43(58)52-30(4)47-60-39-26-35-25-38(45(35,5)6)46(39,7)61-47/h14-21,28-30,35-40,50,55H,8-13,22-27,48-49H2,1-7H3,(H,51,59)(H,52,58)(H,53,56)(H,54,57)/t28-,29+,30-,35-,36-,37-,38-,39?,40-,46-/m0/s1. The number of amides is 4. The first-order valence-corrected chi connectivity index (χ1v) is 22.6. The molecule has 2 aromatic carbocycles. The van der Waals surface area contributed by atoms with Crippen molar-refractivity contribution >= 4 is 30.7 Å². The van der Waals surface area contributed by atoms with Gasteiger partial charge in [-0.05, 0) is 132 Å². The molecule has 4 aliphatic rings. The third kappa shape index (κ3) is 11.8. The minimum absolute atomic E-state index is 0.0382. The van der Waals surface area contributed by atoms with E-state index in [0.29, 0.717) is 44.2 Å². The van der Waals surface area contributed by atoms with Gasteiger partial charge in [0.1, 0.15) is 18.1 Å². The van der Waals surface area contributed by atoms with Gasteiger partial charge in [0, 0.05) is 6.54 Å². The van der Waals surface area contributed by atoms with Crippen molar-refractivity contribution in [3.05, 3.63) is 59.7 Å². The molecule has 336 valence electrons. The second-order valence-corrected chi connectivity index (χ2v) is 18.4. The van der Waals surface area contributed by atoms with E-state index in [1.807, 2.05) is 31.2 Å². The quantitative estimate of drug-likeness (QED) is 0.0603. The number of aryl methyl sites for hydroxylation is 1. The molecule has 3 aliphatic carbocycles. The van der Waals surface area contributed by atoms with Crippen LogP contribution in [-0.2, 0) is 41.5 Å². The number of rotatable bonds is 23. The maximum Gasteiger partial charge on any atom is 0.481 e. The summed E-state index contributed by atoms with van der Waals surface area (Å²) >= 11 is 0. The monoisotopic (exact) mass is 846 g/mol. The lowest BCUT2D eigenvalue weighted by atomic mass is 9.43. The molecule has 4 amide bonds. The topological polar surface area (TPSA) is 219 Å². The number of nitrogens with two attached hydrogens (primary N) is 2. The van der Waals surface area contributed by atoms with Crippen molar-refractivity contribution in [2.75, 3.05) is 13.1 Å². The molecule has 3 saturated carbocycles. The van der Waals surface area contributed by atoms with Crippen molar-refractivity contribution < 1.29 is 33.6 Å². The summed E-state index contributed by atoms with van der Waals surface area (Å²) in [4.78, 5) is 54.2. The maximum atomic E-state index is 13.7. The Morgan fingerprint density at radius 1 is 0.770 bits per heavy atom. The fourth-order valence-electron chi connectivity index (χ4n) is 9.39. The molecule has 0 aromatic heterocycles. The number of benzene rings is 2. The number of carbonyl (C=O) groups is 4. The Morgan fingerprint density at radius 2 is 1.41 bits per heavy atom. The summed E-state index contributed by atoms with van der Waals surface area (Å²) in [5, 5.41) is 24.9. The van der Waals surface area contributed by atoms with E-state index < -0.39 is 72.6 Å². The zero-order valence-corrected chi connectivity index (χ0v) is 37.4. The average molecular weight is 846 g/mol. The van der Waals surface area contributed by atoms with Gasteiger partial charge in [0.2, 0.25) is 23.6 Å². The molecule has 61 heavy (non-hydrogen) atoms. The Balaban J connectivity index is 1.13. The van der Waals surface area contributed by atoms with Gasteiger partial charge in [-0.25, -0.2) is 0 Å². The van der Waals surface area contributed by atoms with Gasteiger partial charge in [0.15, 0.2) is 0 Å². The predicted molar refractivity (Wildman–Crippen MR) is 239 cm³/mol. The van der Waals surface area contributed by atoms with Gasteiger partial charge in [-0.3, -0.25) is 19.2 Å². The Morgan fingerprint density at radius 3 is 2.00 bits per heavy atom. The van der Waals surface area contributed by atoms with Crippen molar-refractivity contribution in [3.8, 4) is 11.1 Å². The fraction of sp³-hybridized carbons (Fsp3) is 0.652. The lowest BCUT2D eigenvalue weighted by Crippen LogP contribution is -2.65. The molecular formula is C46H72BN7O7. The molecular weight excluding hydrogens is 773 g/mol. The normalized spacial score (nSPS) is 24.2. The highest BCUT2D eigenvalue weighted by atomic mass is 16.7. The molecule has 2 aromatic rings. The molecule has 4 fully saturated rings. The SMILES string of the molecule is CCCCc1ccc(-c2ccc(CN[C@@H](CCN)C(=O)N[C@H](C(=O)N[C@@H](C)C(=O)N[C@@H](CCCCN)C(=O)N[C@@H](C)B3OC4C[C@@H]5C[C@@H](C5(C)C)[C@]4(C)O3)[C@@H](C)O)cc2)cc1. The first kappa shape index (κ1) is 48.2. The highest BCUT2D eigenvalue weighted by Gasteiger charge is 2.68. The lowest BCUT2D eigenvalue weighted by Gasteiger charge is -2.64. The molecule has 14 nitrogen and oxygen atoms in total. The van der Waals surface area contributed by atoms with Crippen LogP contribution < -0.4 is 38.1 Å². The molecule has 1 aliphatic heterocycles. The van der Waals surface area contributed by atoms with Gasteiger partial charge >= 0.3 is 7.12 Å². The highest BCUT2D eigenvalue weighted by Crippen LogP contribution is 2.65. The number of aliphatic hydroxyl groups excluding tert-OH is 1. The Labute approximate surface area is 363 Å². The van der Waals surface area contributed by atoms with Gasteiger partial charge in [0.05, 0.1) is 29.8 Å². The summed E-state index contributed by atoms with van der Waals surface area (Å²) in [6.45, 7) is 14.6. The summed E-state index contributed by atoms with van der Waals surface area (Å²) in [5.41, 5.74) is 15.9. The van der Waals surface area contributed by atoms with E-state index in [1.54, 1.807) is 0 Å². The van der Waals surface area contributed by atoms with Crippen LogP contribution in [0.3, 0.4) is 0 Å². The van der Waals surface area contributed by atoms with Gasteiger partial charge in [-0.1, -0.05) is 75.7 Å². The van der Waals surface area contributed by atoms with E-state index >= 15 is 0 Å². The van der Waals surface area contributed by atoms with Crippen LogP contribution >= 0.6 is 0 Å². The number of hydrogen-bond acceptors (Lipinski definition) is 10. The van der Waals surface area contributed by atoms with Crippen LogP contribution in [-0.4, -0.2) is 96.9 Å². The number of aliphatic hydroxyl groups is 1. The molecule has 6 rings (SSSR count). The van der Waals surface area contributed by atoms with Crippen molar-refractivity contribution in [1.29, 1.82) is 0 Å². The minimum atomic E-state index is -1.37. The second-order valence-electron chi connectivity index (χ2n) is 18.4. The van der Waals surface area contributed by atoms with E-state index in [1.165, 1.54) is 25.8 Å². The zero-order chi connectivity index (χ0) is 44.5. The van der Waals surface area contributed by atoms with Gasteiger partial charge in [0.25, 0.3) is 0 Å². The number of hydrogen-bond donors (Lipinski definition) is 8. The third-order valence-electron chi connectivity index (χ3n) is 13.5. The lowest BCUT2D eigenvalue weighted by molar-refractivity contribution is -0.199. The largest absolute Gasteiger partial charge is 0.481 e. The van der Waals surface area contributed by atoms with Crippen molar-refractivity contribution in [3.63, 3.8) is 0 Å². The highest BCUT2D eigenvalue weighted by molar-refractivity contribution is 6.47. The first-order chi connectivity index (χ1) is 29.0. The predicted octanol–water partition coefficient (Wildman–Crippen LogP) is 3.26. The molecule has 1 heterocycles. The summed E-state index contributed by atoms with van der Waals surface area (Å²) in [6.07, 6.45) is 5.97. The molecule has 1 unspecified atom stereocenters. The molecule has 1 saturated heterocycles. The molecule has 10 N–H and O–H groups in total. The summed E-state index contributed by atoms with van der Waals surface area (Å²) in [5.74, 6) is -1.79. The van der Waals surface area contributed by atoms with E-state index in [2.05, 4.69) is 78.5 Å². The Kier molecular flexibility index (Phi) is 17.0.